The number of hydrogen-bond donors (Lipinski definition) is 1. The first kappa shape index (κ1) is 13.6. The number of hydrogen-bond acceptors (Lipinski definition) is 4. The summed E-state index contributed by atoms with van der Waals surface area (Å²) < 4.78 is 7.87. The summed E-state index contributed by atoms with van der Waals surface area (Å²) >= 11 is 3.49. The third-order valence-corrected chi connectivity index (χ3v) is 3.52. The van der Waals surface area contributed by atoms with Crippen LogP contribution in [-0.2, 0) is 0 Å². The van der Waals surface area contributed by atoms with E-state index in [4.69, 9.17) is 10.5 Å². The van der Waals surface area contributed by atoms with Crippen molar-refractivity contribution in [2.45, 2.75) is 13.8 Å². The molecule has 1 aromatic heterocycles. The summed E-state index contributed by atoms with van der Waals surface area (Å²) in [6.45, 7) is 3.87. The van der Waals surface area contributed by atoms with Crippen LogP contribution in [0.2, 0.25) is 0 Å². The number of halogens is 1. The number of anilines is 1. The molecule has 0 saturated heterocycles. The molecule has 0 spiro atoms. The Balaban J connectivity index is 2.37. The Morgan fingerprint density at radius 3 is 2.74 bits per heavy atom. The minimum Gasteiger partial charge on any atom is -0.496 e. The van der Waals surface area contributed by atoms with E-state index in [1.807, 2.05) is 26.0 Å². The molecule has 0 radical (unpaired) electrons. The van der Waals surface area contributed by atoms with Gasteiger partial charge in [0.15, 0.2) is 0 Å². The number of nitrogens with zero attached hydrogens (tertiary/aromatic N) is 3. The standard InChI is InChI=1S/C13H15BrN4O/c1-8-4-12(19-3)10(5-11(8)14)6-16-18-7-9(2)17-13(18)15/h4-7H,1-3H3,(H2,15,17). The fourth-order valence-corrected chi connectivity index (χ4v) is 2.03. The summed E-state index contributed by atoms with van der Waals surface area (Å²) in [5.74, 6) is 1.12. The number of nitrogens with two attached hydrogens (primary N) is 1. The molecule has 0 aliphatic carbocycles. The molecular formula is C13H15BrN4O. The summed E-state index contributed by atoms with van der Waals surface area (Å²) in [5.41, 5.74) is 8.52. The number of imidazole rings is 1. The highest BCUT2D eigenvalue weighted by atomic mass is 79.9. The molecule has 0 atom stereocenters. The highest BCUT2D eigenvalue weighted by Gasteiger charge is 2.05. The molecule has 19 heavy (non-hydrogen) atoms. The molecule has 2 aromatic rings. The Hall–Kier alpha value is -1.82. The Kier molecular flexibility index (Phi) is 3.90. The molecule has 0 unspecified atom stereocenters. The maximum Gasteiger partial charge on any atom is 0.221 e. The lowest BCUT2D eigenvalue weighted by atomic mass is 10.1. The maximum atomic E-state index is 5.73. The topological polar surface area (TPSA) is 65.4 Å². The largest absolute Gasteiger partial charge is 0.496 e. The van der Waals surface area contributed by atoms with Crippen LogP contribution in [-0.4, -0.2) is 23.0 Å². The Labute approximate surface area is 120 Å². The molecule has 1 heterocycles. The molecule has 100 valence electrons. The molecule has 0 saturated carbocycles. The van der Waals surface area contributed by atoms with Crippen LogP contribution < -0.4 is 10.5 Å². The maximum absolute atomic E-state index is 5.73. The molecular weight excluding hydrogens is 308 g/mol. The smallest absolute Gasteiger partial charge is 0.221 e. The lowest BCUT2D eigenvalue weighted by molar-refractivity contribution is 0.413. The number of rotatable bonds is 3. The van der Waals surface area contributed by atoms with E-state index in [9.17, 15) is 0 Å². The van der Waals surface area contributed by atoms with Crippen LogP contribution in [0.25, 0.3) is 0 Å². The Morgan fingerprint density at radius 2 is 2.16 bits per heavy atom. The number of benzene rings is 1. The van der Waals surface area contributed by atoms with E-state index in [2.05, 4.69) is 26.0 Å². The molecule has 1 aromatic carbocycles. The van der Waals surface area contributed by atoms with Crippen LogP contribution in [0.4, 0.5) is 5.95 Å². The van der Waals surface area contributed by atoms with Gasteiger partial charge in [-0.25, -0.2) is 9.66 Å². The molecule has 0 aliphatic heterocycles. The Morgan fingerprint density at radius 1 is 1.42 bits per heavy atom. The van der Waals surface area contributed by atoms with Crippen molar-refractivity contribution in [2.75, 3.05) is 12.8 Å². The second kappa shape index (κ2) is 5.44. The van der Waals surface area contributed by atoms with E-state index in [0.29, 0.717) is 5.95 Å². The molecule has 0 bridgehead atoms. The predicted octanol–water partition coefficient (Wildman–Crippen LogP) is 2.74. The first-order valence-corrected chi connectivity index (χ1v) is 6.50. The van der Waals surface area contributed by atoms with Gasteiger partial charge >= 0.3 is 0 Å². The molecule has 2 N–H and O–H groups in total. The van der Waals surface area contributed by atoms with Gasteiger partial charge in [0.05, 0.1) is 25.2 Å². The van der Waals surface area contributed by atoms with Crippen molar-refractivity contribution in [1.29, 1.82) is 0 Å². The van der Waals surface area contributed by atoms with Crippen LogP contribution >= 0.6 is 15.9 Å². The molecule has 0 fully saturated rings. The van der Waals surface area contributed by atoms with Crippen LogP contribution in [0.1, 0.15) is 16.8 Å². The predicted molar refractivity (Wildman–Crippen MR) is 79.8 cm³/mol. The number of nitrogen functional groups attached to an aromatic ring is 1. The second-order valence-electron chi connectivity index (χ2n) is 4.17. The first-order chi connectivity index (χ1) is 9.01. The van der Waals surface area contributed by atoms with E-state index >= 15 is 0 Å². The fraction of sp³-hybridized carbons (Fsp3) is 0.231. The van der Waals surface area contributed by atoms with Crippen molar-refractivity contribution in [3.05, 3.63) is 39.6 Å². The molecule has 0 amide bonds. The zero-order valence-corrected chi connectivity index (χ0v) is 12.6. The number of ether oxygens (including phenoxy) is 1. The highest BCUT2D eigenvalue weighted by molar-refractivity contribution is 9.10. The highest BCUT2D eigenvalue weighted by Crippen LogP contribution is 2.25. The van der Waals surface area contributed by atoms with E-state index in [-0.39, 0.29) is 0 Å². The summed E-state index contributed by atoms with van der Waals surface area (Å²) in [7, 11) is 1.63. The van der Waals surface area contributed by atoms with Gasteiger partial charge in [-0.2, -0.15) is 5.10 Å². The number of aromatic nitrogens is 2. The van der Waals surface area contributed by atoms with Crippen LogP contribution in [0.3, 0.4) is 0 Å². The van der Waals surface area contributed by atoms with Gasteiger partial charge in [0, 0.05) is 10.0 Å². The zero-order chi connectivity index (χ0) is 14.0. The molecule has 6 heteroatoms. The van der Waals surface area contributed by atoms with Crippen molar-refractivity contribution in [2.24, 2.45) is 5.10 Å². The molecule has 5 nitrogen and oxygen atoms in total. The van der Waals surface area contributed by atoms with Gasteiger partial charge in [0.2, 0.25) is 5.95 Å². The summed E-state index contributed by atoms with van der Waals surface area (Å²) in [6.07, 6.45) is 3.46. The van der Waals surface area contributed by atoms with Gasteiger partial charge < -0.3 is 10.5 Å². The fourth-order valence-electron chi connectivity index (χ4n) is 1.67. The van der Waals surface area contributed by atoms with Gasteiger partial charge in [0.25, 0.3) is 0 Å². The zero-order valence-electron chi connectivity index (χ0n) is 11.0. The average molecular weight is 323 g/mol. The van der Waals surface area contributed by atoms with Gasteiger partial charge in [0.1, 0.15) is 5.75 Å². The van der Waals surface area contributed by atoms with E-state index in [0.717, 1.165) is 27.0 Å². The quantitative estimate of drug-likeness (QED) is 0.883. The van der Waals surface area contributed by atoms with Gasteiger partial charge in [-0.3, -0.25) is 0 Å². The average Bonchev–Trinajstić information content (AvgIpc) is 2.68. The van der Waals surface area contributed by atoms with E-state index in [1.54, 1.807) is 19.5 Å². The van der Waals surface area contributed by atoms with Crippen molar-refractivity contribution < 1.29 is 4.74 Å². The monoisotopic (exact) mass is 322 g/mol. The van der Waals surface area contributed by atoms with E-state index < -0.39 is 0 Å². The van der Waals surface area contributed by atoms with Crippen molar-refractivity contribution in [3.8, 4) is 5.75 Å². The lowest BCUT2D eigenvalue weighted by Gasteiger charge is -2.07. The Bertz CT molecular complexity index is 634. The summed E-state index contributed by atoms with van der Waals surface area (Å²) in [6, 6.07) is 3.91. The minimum absolute atomic E-state index is 0.360. The van der Waals surface area contributed by atoms with Crippen LogP contribution in [0.15, 0.2) is 27.9 Å². The number of methoxy groups -OCH3 is 1. The minimum atomic E-state index is 0.360. The van der Waals surface area contributed by atoms with Crippen molar-refractivity contribution in [1.82, 2.24) is 9.66 Å². The molecule has 0 aliphatic rings. The van der Waals surface area contributed by atoms with Crippen LogP contribution in [0, 0.1) is 13.8 Å². The summed E-state index contributed by atoms with van der Waals surface area (Å²) in [5, 5.41) is 4.28. The van der Waals surface area contributed by atoms with E-state index in [1.165, 1.54) is 4.68 Å². The third kappa shape index (κ3) is 2.96. The van der Waals surface area contributed by atoms with Gasteiger partial charge in [-0.15, -0.1) is 0 Å². The normalized spacial score (nSPS) is 11.2. The lowest BCUT2D eigenvalue weighted by Crippen LogP contribution is -1.98. The van der Waals surface area contributed by atoms with Gasteiger partial charge in [-0.05, 0) is 31.5 Å². The van der Waals surface area contributed by atoms with Crippen LogP contribution in [0.5, 0.6) is 5.75 Å². The second-order valence-corrected chi connectivity index (χ2v) is 5.03. The third-order valence-electron chi connectivity index (χ3n) is 2.67. The SMILES string of the molecule is COc1cc(C)c(Br)cc1C=Nn1cc(C)nc1N. The van der Waals surface area contributed by atoms with Gasteiger partial charge in [-0.1, -0.05) is 15.9 Å². The van der Waals surface area contributed by atoms with Crippen molar-refractivity contribution in [3.63, 3.8) is 0 Å². The number of aryl methyl sites for hydroxylation is 2. The van der Waals surface area contributed by atoms with Crippen molar-refractivity contribution >= 4 is 28.1 Å². The summed E-state index contributed by atoms with van der Waals surface area (Å²) in [4.78, 5) is 4.08. The molecule has 2 rings (SSSR count). The first-order valence-electron chi connectivity index (χ1n) is 5.71.